The molecular formula is C19H24ClN5Si2. The zero-order valence-corrected chi connectivity index (χ0v) is 19.3. The van der Waals surface area contributed by atoms with Crippen molar-refractivity contribution in [3.63, 3.8) is 0 Å². The third-order valence-corrected chi connectivity index (χ3v) is 8.02. The van der Waals surface area contributed by atoms with Gasteiger partial charge < -0.3 is 0 Å². The smallest absolute Gasteiger partial charge is 0.226 e. The molecule has 5 nitrogen and oxygen atoms in total. The van der Waals surface area contributed by atoms with Crippen LogP contribution in [0, 0.1) is 0 Å². The van der Waals surface area contributed by atoms with Gasteiger partial charge in [0.05, 0.1) is 0 Å². The van der Waals surface area contributed by atoms with Gasteiger partial charge in [0, 0.05) is 34.2 Å². The molecule has 0 aliphatic heterocycles. The van der Waals surface area contributed by atoms with Gasteiger partial charge in [0.25, 0.3) is 0 Å². The second-order valence-electron chi connectivity index (χ2n) is 8.62. The van der Waals surface area contributed by atoms with E-state index in [0.29, 0.717) is 11.6 Å². The van der Waals surface area contributed by atoms with E-state index in [4.69, 9.17) is 11.6 Å². The molecular weight excluding hydrogens is 390 g/mol. The predicted molar refractivity (Wildman–Crippen MR) is 117 cm³/mol. The van der Waals surface area contributed by atoms with Gasteiger partial charge in [-0.15, -0.1) is 0 Å². The number of hydrogen-bond acceptors (Lipinski definition) is 5. The van der Waals surface area contributed by atoms with E-state index >= 15 is 0 Å². The summed E-state index contributed by atoms with van der Waals surface area (Å²) in [6, 6.07) is 8.12. The van der Waals surface area contributed by atoms with Crippen molar-refractivity contribution in [1.82, 2.24) is 24.9 Å². The summed E-state index contributed by atoms with van der Waals surface area (Å²) in [6.07, 6.45) is 3.63. The van der Waals surface area contributed by atoms with Crippen LogP contribution in [-0.2, 0) is 0 Å². The molecule has 3 aromatic heterocycles. The lowest BCUT2D eigenvalue weighted by atomic mass is 10.2. The summed E-state index contributed by atoms with van der Waals surface area (Å²) in [5.74, 6) is 1.04. The van der Waals surface area contributed by atoms with Crippen molar-refractivity contribution in [1.29, 1.82) is 0 Å². The maximum atomic E-state index is 6.17. The molecule has 3 heterocycles. The minimum absolute atomic E-state index is 0.165. The van der Waals surface area contributed by atoms with E-state index in [1.807, 2.05) is 24.5 Å². The fourth-order valence-corrected chi connectivity index (χ4v) is 4.78. The van der Waals surface area contributed by atoms with Gasteiger partial charge in [-0.1, -0.05) is 39.3 Å². The molecule has 3 aromatic rings. The summed E-state index contributed by atoms with van der Waals surface area (Å²) >= 11 is 6.17. The first-order valence-electron chi connectivity index (χ1n) is 8.89. The molecule has 0 saturated heterocycles. The van der Waals surface area contributed by atoms with Crippen LogP contribution in [0.4, 0.5) is 0 Å². The average molecular weight is 414 g/mol. The predicted octanol–water partition coefficient (Wildman–Crippen LogP) is 3.74. The van der Waals surface area contributed by atoms with E-state index < -0.39 is 16.1 Å². The van der Waals surface area contributed by atoms with Gasteiger partial charge in [0.2, 0.25) is 5.28 Å². The zero-order valence-electron chi connectivity index (χ0n) is 16.6. The van der Waals surface area contributed by atoms with Crippen molar-refractivity contribution < 1.29 is 0 Å². The molecule has 0 fully saturated rings. The fourth-order valence-electron chi connectivity index (χ4n) is 2.55. The molecule has 140 valence electrons. The molecule has 0 saturated carbocycles. The van der Waals surface area contributed by atoms with Gasteiger partial charge in [-0.2, -0.15) is 9.97 Å². The van der Waals surface area contributed by atoms with E-state index in [9.17, 15) is 0 Å². The van der Waals surface area contributed by atoms with E-state index in [1.54, 1.807) is 0 Å². The highest BCUT2D eigenvalue weighted by Crippen LogP contribution is 2.20. The molecule has 0 unspecified atom stereocenters. The zero-order chi connectivity index (χ0) is 19.8. The topological polar surface area (TPSA) is 64.5 Å². The maximum absolute atomic E-state index is 6.17. The second kappa shape index (κ2) is 7.22. The van der Waals surface area contributed by atoms with Crippen molar-refractivity contribution >= 4 is 38.4 Å². The SMILES string of the molecule is C[Si](C)(C)c1ccc(-c2nc(Cl)nc(-c3ccc([Si](C)(C)C)nc3)n2)cn1. The van der Waals surface area contributed by atoms with Crippen molar-refractivity contribution in [2.24, 2.45) is 0 Å². The standard InChI is InChI=1S/C19H24ClN5Si2/c1-26(2,3)15-9-7-13(11-21-15)17-23-18(25-19(20)24-17)14-8-10-16(22-12-14)27(4,5)6/h7-12H,1-6H3. The fraction of sp³-hybridized carbons (Fsp3) is 0.316. The normalized spacial score (nSPS) is 12.3. The Labute approximate surface area is 167 Å². The first-order chi connectivity index (χ1) is 12.5. The Kier molecular flexibility index (Phi) is 5.29. The number of aromatic nitrogens is 5. The Bertz CT molecular complexity index is 870. The van der Waals surface area contributed by atoms with Crippen molar-refractivity contribution in [3.05, 3.63) is 41.9 Å². The quantitative estimate of drug-likeness (QED) is 0.609. The van der Waals surface area contributed by atoms with E-state index in [0.717, 1.165) is 21.8 Å². The van der Waals surface area contributed by atoms with Gasteiger partial charge in [-0.05, 0) is 35.9 Å². The third kappa shape index (κ3) is 4.66. The third-order valence-electron chi connectivity index (χ3n) is 4.19. The van der Waals surface area contributed by atoms with Crippen LogP contribution in [0.2, 0.25) is 44.6 Å². The van der Waals surface area contributed by atoms with Crippen LogP contribution in [0.1, 0.15) is 0 Å². The Balaban J connectivity index is 1.97. The summed E-state index contributed by atoms with van der Waals surface area (Å²) in [4.78, 5) is 22.4. The molecule has 0 N–H and O–H groups in total. The summed E-state index contributed by atoms with van der Waals surface area (Å²) in [7, 11) is -2.90. The lowest BCUT2D eigenvalue weighted by Crippen LogP contribution is -2.39. The number of pyridine rings is 2. The largest absolute Gasteiger partial charge is 0.265 e. The summed E-state index contributed by atoms with van der Waals surface area (Å²) < 4.78 is 0. The van der Waals surface area contributed by atoms with Crippen molar-refractivity contribution in [2.75, 3.05) is 0 Å². The van der Waals surface area contributed by atoms with Gasteiger partial charge in [-0.25, -0.2) is 4.98 Å². The molecule has 0 aliphatic carbocycles. The number of halogens is 1. The Morgan fingerprint density at radius 1 is 0.630 bits per heavy atom. The van der Waals surface area contributed by atoms with E-state index in [2.05, 4.69) is 76.3 Å². The molecule has 0 spiro atoms. The highest BCUT2D eigenvalue weighted by molar-refractivity contribution is 6.88. The van der Waals surface area contributed by atoms with Crippen molar-refractivity contribution in [2.45, 2.75) is 39.3 Å². The van der Waals surface area contributed by atoms with Gasteiger partial charge in [0.1, 0.15) is 16.1 Å². The van der Waals surface area contributed by atoms with Crippen LogP contribution in [0.15, 0.2) is 36.7 Å². The van der Waals surface area contributed by atoms with Gasteiger partial charge in [-0.3, -0.25) is 9.97 Å². The highest BCUT2D eigenvalue weighted by atomic mass is 35.5. The first-order valence-corrected chi connectivity index (χ1v) is 16.3. The van der Waals surface area contributed by atoms with Crippen LogP contribution in [0.25, 0.3) is 22.8 Å². The lowest BCUT2D eigenvalue weighted by molar-refractivity contribution is 1.06. The van der Waals surface area contributed by atoms with Crippen LogP contribution < -0.4 is 10.6 Å². The molecule has 3 rings (SSSR count). The Morgan fingerprint density at radius 2 is 1.04 bits per heavy atom. The molecule has 0 amide bonds. The molecule has 0 aliphatic rings. The number of hydrogen-bond donors (Lipinski definition) is 0. The van der Waals surface area contributed by atoms with E-state index in [-0.39, 0.29) is 5.28 Å². The lowest BCUT2D eigenvalue weighted by Gasteiger charge is -2.15. The second-order valence-corrected chi connectivity index (χ2v) is 19.0. The minimum atomic E-state index is -1.45. The van der Waals surface area contributed by atoms with E-state index in [1.165, 1.54) is 0 Å². The monoisotopic (exact) mass is 413 g/mol. The Morgan fingerprint density at radius 3 is 1.33 bits per heavy atom. The highest BCUT2D eigenvalue weighted by Gasteiger charge is 2.20. The first kappa shape index (κ1) is 19.8. The summed E-state index contributed by atoms with van der Waals surface area (Å²) in [6.45, 7) is 13.6. The van der Waals surface area contributed by atoms with Gasteiger partial charge in [0.15, 0.2) is 11.6 Å². The Hall–Kier alpha value is -1.97. The molecule has 0 radical (unpaired) electrons. The van der Waals surface area contributed by atoms with Crippen LogP contribution >= 0.6 is 11.6 Å². The summed E-state index contributed by atoms with van der Waals surface area (Å²) in [5, 5.41) is 2.47. The van der Waals surface area contributed by atoms with Crippen LogP contribution in [-0.4, -0.2) is 41.1 Å². The minimum Gasteiger partial charge on any atom is -0.265 e. The number of rotatable bonds is 4. The number of nitrogens with zero attached hydrogens (tertiary/aromatic N) is 5. The molecule has 27 heavy (non-hydrogen) atoms. The molecule has 8 heteroatoms. The van der Waals surface area contributed by atoms with Crippen LogP contribution in [0.3, 0.4) is 0 Å². The molecule has 0 bridgehead atoms. The molecule has 0 aromatic carbocycles. The molecule has 0 atom stereocenters. The van der Waals surface area contributed by atoms with Crippen LogP contribution in [0.5, 0.6) is 0 Å². The van der Waals surface area contributed by atoms with Gasteiger partial charge >= 0.3 is 0 Å². The average Bonchev–Trinajstić information content (AvgIpc) is 2.60. The maximum Gasteiger partial charge on any atom is 0.226 e. The summed E-state index contributed by atoms with van der Waals surface area (Å²) in [5.41, 5.74) is 1.66. The van der Waals surface area contributed by atoms with Crippen molar-refractivity contribution in [3.8, 4) is 22.8 Å².